The molecule has 0 fully saturated rings. The van der Waals surface area contributed by atoms with Gasteiger partial charge in [0.15, 0.2) is 0 Å². The highest BCUT2D eigenvalue weighted by Crippen LogP contribution is 2.37. The summed E-state index contributed by atoms with van der Waals surface area (Å²) in [5, 5.41) is 18.4. The molecule has 2 aromatic rings. The minimum atomic E-state index is -0.564. The van der Waals surface area contributed by atoms with Gasteiger partial charge in [-0.15, -0.1) is 0 Å². The summed E-state index contributed by atoms with van der Waals surface area (Å²) in [6.45, 7) is 0. The van der Waals surface area contributed by atoms with E-state index in [9.17, 15) is 10.1 Å². The van der Waals surface area contributed by atoms with Crippen LogP contribution in [0.4, 0.5) is 5.69 Å². The molecule has 102 valence electrons. The van der Waals surface area contributed by atoms with E-state index < -0.39 is 4.92 Å². The molecule has 2 rings (SSSR count). The summed E-state index contributed by atoms with van der Waals surface area (Å²) in [5.74, 6) is 0.279. The van der Waals surface area contributed by atoms with Gasteiger partial charge in [-0.1, -0.05) is 17.7 Å². The van der Waals surface area contributed by atoms with Crippen LogP contribution in [-0.4, -0.2) is 10.8 Å². The molecular weight excluding hydrogens is 282 g/mol. The third-order valence-corrected chi connectivity index (χ3v) is 2.83. The Morgan fingerprint density at radius 1 is 1.25 bits per heavy atom. The van der Waals surface area contributed by atoms with Gasteiger partial charge in [0, 0.05) is 11.6 Å². The maximum atomic E-state index is 10.9. The lowest BCUT2D eigenvalue weighted by atomic mass is 10.2. The summed E-state index contributed by atoms with van der Waals surface area (Å²) >= 11 is 5.92. The van der Waals surface area contributed by atoms with Gasteiger partial charge in [-0.05, 0) is 30.3 Å². The van der Waals surface area contributed by atoms with Crippen molar-refractivity contribution in [2.75, 3.05) is 0 Å². The number of amidine groups is 1. The van der Waals surface area contributed by atoms with Gasteiger partial charge < -0.3 is 10.5 Å². The van der Waals surface area contributed by atoms with E-state index in [1.54, 1.807) is 24.3 Å². The molecule has 0 heterocycles. The number of ether oxygens (including phenoxy) is 1. The van der Waals surface area contributed by atoms with Crippen molar-refractivity contribution in [3.8, 4) is 11.5 Å². The third-order valence-electron chi connectivity index (χ3n) is 2.53. The van der Waals surface area contributed by atoms with E-state index in [0.29, 0.717) is 11.3 Å². The molecule has 20 heavy (non-hydrogen) atoms. The van der Waals surface area contributed by atoms with Crippen LogP contribution >= 0.6 is 11.6 Å². The fourth-order valence-electron chi connectivity index (χ4n) is 1.56. The fourth-order valence-corrected chi connectivity index (χ4v) is 1.77. The van der Waals surface area contributed by atoms with Crippen LogP contribution in [-0.2, 0) is 0 Å². The topological polar surface area (TPSA) is 102 Å². The van der Waals surface area contributed by atoms with Crippen LogP contribution in [0.3, 0.4) is 0 Å². The highest BCUT2D eigenvalue weighted by Gasteiger charge is 2.18. The first-order valence-corrected chi connectivity index (χ1v) is 5.92. The predicted octanol–water partition coefficient (Wildman–Crippen LogP) is 3.32. The van der Waals surface area contributed by atoms with E-state index in [4.69, 9.17) is 27.5 Å². The minimum Gasteiger partial charge on any atom is -0.449 e. The zero-order chi connectivity index (χ0) is 14.7. The fraction of sp³-hybridized carbons (Fsp3) is 0. The van der Waals surface area contributed by atoms with Crippen LogP contribution in [0.25, 0.3) is 0 Å². The van der Waals surface area contributed by atoms with E-state index in [1.165, 1.54) is 18.2 Å². The Kier molecular flexibility index (Phi) is 3.86. The molecular formula is C13H10ClN3O3. The SMILES string of the molecule is N=C(N)c1ccc(Oc2c(Cl)cccc2[N+](=O)[O-])cc1. The number of nitrogens with zero attached hydrogens (tertiary/aromatic N) is 1. The van der Waals surface area contributed by atoms with Crippen molar-refractivity contribution in [1.29, 1.82) is 5.41 Å². The molecule has 0 aromatic heterocycles. The number of rotatable bonds is 4. The quantitative estimate of drug-likeness (QED) is 0.390. The summed E-state index contributed by atoms with van der Waals surface area (Å²) < 4.78 is 5.45. The number of hydrogen-bond donors (Lipinski definition) is 2. The number of hydrogen-bond acceptors (Lipinski definition) is 4. The number of halogens is 1. The van der Waals surface area contributed by atoms with Crippen molar-refractivity contribution in [1.82, 2.24) is 0 Å². The van der Waals surface area contributed by atoms with Gasteiger partial charge in [0.05, 0.1) is 9.95 Å². The molecule has 0 aliphatic rings. The first-order valence-electron chi connectivity index (χ1n) is 5.54. The van der Waals surface area contributed by atoms with E-state index in [2.05, 4.69) is 0 Å². The Balaban J connectivity index is 2.34. The molecule has 6 nitrogen and oxygen atoms in total. The van der Waals surface area contributed by atoms with Gasteiger partial charge >= 0.3 is 5.69 Å². The van der Waals surface area contributed by atoms with Crippen molar-refractivity contribution in [3.05, 3.63) is 63.2 Å². The van der Waals surface area contributed by atoms with Crippen molar-refractivity contribution >= 4 is 23.1 Å². The molecule has 0 aliphatic carbocycles. The van der Waals surface area contributed by atoms with E-state index in [1.807, 2.05) is 0 Å². The van der Waals surface area contributed by atoms with Crippen molar-refractivity contribution in [2.45, 2.75) is 0 Å². The normalized spacial score (nSPS) is 10.1. The number of nitrogens with two attached hydrogens (primary N) is 1. The lowest BCUT2D eigenvalue weighted by Crippen LogP contribution is -2.10. The first-order chi connectivity index (χ1) is 9.49. The highest BCUT2D eigenvalue weighted by molar-refractivity contribution is 6.32. The largest absolute Gasteiger partial charge is 0.449 e. The second kappa shape index (κ2) is 5.58. The average molecular weight is 292 g/mol. The maximum absolute atomic E-state index is 10.9. The molecule has 3 N–H and O–H groups in total. The highest BCUT2D eigenvalue weighted by atomic mass is 35.5. The number of nitrogen functional groups attached to an aromatic ring is 1. The summed E-state index contributed by atoms with van der Waals surface area (Å²) in [6.07, 6.45) is 0. The molecule has 0 aliphatic heterocycles. The zero-order valence-electron chi connectivity index (χ0n) is 10.2. The Morgan fingerprint density at radius 3 is 2.45 bits per heavy atom. The van der Waals surface area contributed by atoms with Crippen molar-refractivity contribution in [3.63, 3.8) is 0 Å². The van der Waals surface area contributed by atoms with Gasteiger partial charge in [0.1, 0.15) is 11.6 Å². The second-order valence-corrected chi connectivity index (χ2v) is 4.29. The zero-order valence-corrected chi connectivity index (χ0v) is 10.9. The first kappa shape index (κ1) is 13.8. The van der Waals surface area contributed by atoms with Crippen LogP contribution in [0.2, 0.25) is 5.02 Å². The lowest BCUT2D eigenvalue weighted by molar-refractivity contribution is -0.385. The molecule has 2 aromatic carbocycles. The van der Waals surface area contributed by atoms with Crippen LogP contribution in [0.5, 0.6) is 11.5 Å². The Hall–Kier alpha value is -2.60. The van der Waals surface area contributed by atoms with Crippen LogP contribution in [0.1, 0.15) is 5.56 Å². The molecule has 7 heteroatoms. The second-order valence-electron chi connectivity index (χ2n) is 3.89. The molecule has 0 saturated heterocycles. The maximum Gasteiger partial charge on any atom is 0.313 e. The van der Waals surface area contributed by atoms with Gasteiger partial charge in [-0.3, -0.25) is 15.5 Å². The van der Waals surface area contributed by atoms with Gasteiger partial charge in [-0.25, -0.2) is 0 Å². The Morgan fingerprint density at radius 2 is 1.90 bits per heavy atom. The Labute approximate surface area is 119 Å². The average Bonchev–Trinajstić information content (AvgIpc) is 2.41. The van der Waals surface area contributed by atoms with E-state index in [-0.39, 0.29) is 22.3 Å². The monoisotopic (exact) mass is 291 g/mol. The standard InChI is InChI=1S/C13H10ClN3O3/c14-10-2-1-3-11(17(18)19)12(10)20-9-6-4-8(5-7-9)13(15)16/h1-7H,(H3,15,16). The van der Waals surface area contributed by atoms with Crippen LogP contribution in [0, 0.1) is 15.5 Å². The molecule has 0 spiro atoms. The lowest BCUT2D eigenvalue weighted by Gasteiger charge is -2.08. The molecule has 0 radical (unpaired) electrons. The van der Waals surface area contributed by atoms with Gasteiger partial charge in [0.25, 0.3) is 0 Å². The van der Waals surface area contributed by atoms with Gasteiger partial charge in [0.2, 0.25) is 5.75 Å². The molecule has 0 unspecified atom stereocenters. The molecule has 0 atom stereocenters. The summed E-state index contributed by atoms with van der Waals surface area (Å²) in [6, 6.07) is 10.6. The number of nitro benzene ring substituents is 1. The van der Waals surface area contributed by atoms with Gasteiger partial charge in [-0.2, -0.15) is 0 Å². The molecule has 0 bridgehead atoms. The third kappa shape index (κ3) is 2.86. The number of nitro groups is 1. The summed E-state index contributed by atoms with van der Waals surface area (Å²) in [7, 11) is 0. The Bertz CT molecular complexity index is 671. The number of nitrogens with one attached hydrogen (secondary N) is 1. The minimum absolute atomic E-state index is 0.0188. The van der Waals surface area contributed by atoms with E-state index >= 15 is 0 Å². The van der Waals surface area contributed by atoms with Crippen LogP contribution in [0.15, 0.2) is 42.5 Å². The molecule has 0 saturated carbocycles. The van der Waals surface area contributed by atoms with E-state index in [0.717, 1.165) is 0 Å². The number of para-hydroxylation sites is 1. The van der Waals surface area contributed by atoms with Crippen LogP contribution < -0.4 is 10.5 Å². The summed E-state index contributed by atoms with van der Waals surface area (Å²) in [5.41, 5.74) is 5.66. The summed E-state index contributed by atoms with van der Waals surface area (Å²) in [4.78, 5) is 10.4. The smallest absolute Gasteiger partial charge is 0.313 e. The molecule has 0 amide bonds. The number of benzene rings is 2. The van der Waals surface area contributed by atoms with Crippen molar-refractivity contribution in [2.24, 2.45) is 5.73 Å². The van der Waals surface area contributed by atoms with Crippen molar-refractivity contribution < 1.29 is 9.66 Å². The predicted molar refractivity (Wildman–Crippen MR) is 75.6 cm³/mol.